The fraction of sp³-hybridized carbons (Fsp3) is 0.500. The zero-order valence-electron chi connectivity index (χ0n) is 10.9. The Labute approximate surface area is 118 Å². The second kappa shape index (κ2) is 6.78. The normalized spacial score (nSPS) is 16.1. The number of amides is 1. The van der Waals surface area contributed by atoms with E-state index in [1.807, 2.05) is 6.07 Å². The van der Waals surface area contributed by atoms with E-state index >= 15 is 0 Å². The van der Waals surface area contributed by atoms with Gasteiger partial charge in [0.15, 0.2) is 0 Å². The molecule has 1 aliphatic heterocycles. The maximum absolute atomic E-state index is 12.0. The summed E-state index contributed by atoms with van der Waals surface area (Å²) in [7, 11) is 1.60. The third-order valence-corrected chi connectivity index (χ3v) is 3.52. The molecule has 0 radical (unpaired) electrons. The van der Waals surface area contributed by atoms with Crippen molar-refractivity contribution in [3.05, 3.63) is 28.8 Å². The predicted molar refractivity (Wildman–Crippen MR) is 73.4 cm³/mol. The molecule has 0 aliphatic carbocycles. The average Bonchev–Trinajstić information content (AvgIpc) is 2.46. The molecule has 0 aromatic heterocycles. The zero-order valence-corrected chi connectivity index (χ0v) is 11.7. The van der Waals surface area contributed by atoms with Crippen molar-refractivity contribution in [2.24, 2.45) is 5.92 Å². The lowest BCUT2D eigenvalue weighted by molar-refractivity contribution is -0.128. The molecule has 1 aromatic rings. The smallest absolute Gasteiger partial charge is 0.223 e. The number of rotatable bonds is 4. The Hall–Kier alpha value is -1.26. The van der Waals surface area contributed by atoms with Crippen LogP contribution >= 0.6 is 11.6 Å². The molecular weight excluding hydrogens is 266 g/mol. The molecule has 1 aliphatic rings. The number of carbonyl (C=O) groups excluding carboxylic acids is 1. The Balaban J connectivity index is 1.94. The number of ether oxygens (including phenoxy) is 2. The lowest BCUT2D eigenvalue weighted by Crippen LogP contribution is -2.33. The van der Waals surface area contributed by atoms with Crippen molar-refractivity contribution in [2.75, 3.05) is 20.3 Å². The van der Waals surface area contributed by atoms with Crippen LogP contribution in [0.5, 0.6) is 5.75 Å². The van der Waals surface area contributed by atoms with Crippen LogP contribution < -0.4 is 10.1 Å². The molecule has 1 heterocycles. The number of benzene rings is 1. The summed E-state index contributed by atoms with van der Waals surface area (Å²) in [4.78, 5) is 12.0. The highest BCUT2D eigenvalue weighted by atomic mass is 35.5. The van der Waals surface area contributed by atoms with Crippen LogP contribution in [0.3, 0.4) is 0 Å². The van der Waals surface area contributed by atoms with E-state index in [0.29, 0.717) is 24.8 Å². The van der Waals surface area contributed by atoms with Crippen LogP contribution in [0, 0.1) is 5.92 Å². The topological polar surface area (TPSA) is 47.6 Å². The number of hydrogen-bond acceptors (Lipinski definition) is 3. The standard InChI is InChI=1S/C14H18ClNO3/c1-18-13-3-2-12(15)8-11(13)9-16-14(17)10-4-6-19-7-5-10/h2-3,8,10H,4-7,9H2,1H3,(H,16,17). The minimum atomic E-state index is 0.0546. The van der Waals surface area contributed by atoms with Crippen molar-refractivity contribution in [2.45, 2.75) is 19.4 Å². The molecule has 4 nitrogen and oxygen atoms in total. The first-order valence-electron chi connectivity index (χ1n) is 6.38. The molecule has 1 fully saturated rings. The van der Waals surface area contributed by atoms with Gasteiger partial charge in [-0.25, -0.2) is 0 Å². The Kier molecular flexibility index (Phi) is 5.05. The summed E-state index contributed by atoms with van der Waals surface area (Å²) in [6.07, 6.45) is 1.58. The van der Waals surface area contributed by atoms with E-state index in [1.54, 1.807) is 19.2 Å². The predicted octanol–water partition coefficient (Wildman–Crippen LogP) is 2.39. The molecular formula is C14H18ClNO3. The number of methoxy groups -OCH3 is 1. The fourth-order valence-electron chi connectivity index (χ4n) is 2.17. The van der Waals surface area contributed by atoms with Crippen molar-refractivity contribution >= 4 is 17.5 Å². The van der Waals surface area contributed by atoms with Gasteiger partial charge >= 0.3 is 0 Å². The molecule has 2 rings (SSSR count). The van der Waals surface area contributed by atoms with E-state index in [2.05, 4.69) is 5.32 Å². The molecule has 0 saturated carbocycles. The molecule has 1 amide bonds. The number of halogens is 1. The van der Waals surface area contributed by atoms with Crippen molar-refractivity contribution in [1.82, 2.24) is 5.32 Å². The van der Waals surface area contributed by atoms with Crippen LogP contribution in [0.4, 0.5) is 0 Å². The van der Waals surface area contributed by atoms with E-state index in [4.69, 9.17) is 21.1 Å². The van der Waals surface area contributed by atoms with Gasteiger partial charge in [-0.05, 0) is 31.0 Å². The van der Waals surface area contributed by atoms with E-state index in [9.17, 15) is 4.79 Å². The van der Waals surface area contributed by atoms with E-state index in [-0.39, 0.29) is 11.8 Å². The third kappa shape index (κ3) is 3.85. The molecule has 0 unspecified atom stereocenters. The van der Waals surface area contributed by atoms with Crippen LogP contribution in [-0.2, 0) is 16.1 Å². The van der Waals surface area contributed by atoms with Gasteiger partial charge in [-0.1, -0.05) is 11.6 Å². The summed E-state index contributed by atoms with van der Waals surface area (Å²) in [5.41, 5.74) is 0.885. The van der Waals surface area contributed by atoms with Crippen molar-refractivity contribution in [3.8, 4) is 5.75 Å². The van der Waals surface area contributed by atoms with Gasteiger partial charge in [-0.15, -0.1) is 0 Å². The Morgan fingerprint density at radius 2 is 2.21 bits per heavy atom. The minimum absolute atomic E-state index is 0.0546. The van der Waals surface area contributed by atoms with Gasteiger partial charge in [0, 0.05) is 36.3 Å². The van der Waals surface area contributed by atoms with E-state index in [0.717, 1.165) is 24.2 Å². The van der Waals surface area contributed by atoms with Gasteiger partial charge in [-0.3, -0.25) is 4.79 Å². The van der Waals surface area contributed by atoms with Gasteiger partial charge in [0.05, 0.1) is 7.11 Å². The SMILES string of the molecule is COc1ccc(Cl)cc1CNC(=O)C1CCOCC1. The summed E-state index contributed by atoms with van der Waals surface area (Å²) in [6, 6.07) is 5.38. The first-order chi connectivity index (χ1) is 9.20. The first kappa shape index (κ1) is 14.2. The second-order valence-electron chi connectivity index (χ2n) is 4.56. The summed E-state index contributed by atoms with van der Waals surface area (Å²) in [6.45, 7) is 1.76. The average molecular weight is 284 g/mol. The summed E-state index contributed by atoms with van der Waals surface area (Å²) < 4.78 is 10.5. The lowest BCUT2D eigenvalue weighted by Gasteiger charge is -2.21. The minimum Gasteiger partial charge on any atom is -0.496 e. The van der Waals surface area contributed by atoms with Crippen LogP contribution in [-0.4, -0.2) is 26.2 Å². The van der Waals surface area contributed by atoms with Crippen molar-refractivity contribution in [1.29, 1.82) is 0 Å². The van der Waals surface area contributed by atoms with Gasteiger partial charge in [0.1, 0.15) is 5.75 Å². The Morgan fingerprint density at radius 3 is 2.89 bits per heavy atom. The van der Waals surface area contributed by atoms with Crippen LogP contribution in [0.2, 0.25) is 5.02 Å². The highest BCUT2D eigenvalue weighted by molar-refractivity contribution is 6.30. The molecule has 0 atom stereocenters. The second-order valence-corrected chi connectivity index (χ2v) is 5.00. The van der Waals surface area contributed by atoms with E-state index in [1.165, 1.54) is 0 Å². The van der Waals surface area contributed by atoms with Crippen molar-refractivity contribution in [3.63, 3.8) is 0 Å². The van der Waals surface area contributed by atoms with Crippen LogP contribution in [0.15, 0.2) is 18.2 Å². The quantitative estimate of drug-likeness (QED) is 0.923. The van der Waals surface area contributed by atoms with Gasteiger partial charge in [0.25, 0.3) is 0 Å². The third-order valence-electron chi connectivity index (χ3n) is 3.29. The lowest BCUT2D eigenvalue weighted by atomic mass is 9.99. The molecule has 104 valence electrons. The monoisotopic (exact) mass is 283 g/mol. The van der Waals surface area contributed by atoms with Crippen LogP contribution in [0.25, 0.3) is 0 Å². The summed E-state index contributed by atoms with van der Waals surface area (Å²) in [5, 5.41) is 3.57. The number of nitrogens with one attached hydrogen (secondary N) is 1. The van der Waals surface area contributed by atoms with E-state index < -0.39 is 0 Å². The first-order valence-corrected chi connectivity index (χ1v) is 6.76. The molecule has 0 spiro atoms. The Bertz CT molecular complexity index is 444. The summed E-state index contributed by atoms with van der Waals surface area (Å²) in [5.74, 6) is 0.862. The fourth-order valence-corrected chi connectivity index (χ4v) is 2.37. The summed E-state index contributed by atoms with van der Waals surface area (Å²) >= 11 is 5.95. The van der Waals surface area contributed by atoms with Gasteiger partial charge < -0.3 is 14.8 Å². The van der Waals surface area contributed by atoms with Gasteiger partial charge in [0.2, 0.25) is 5.91 Å². The van der Waals surface area contributed by atoms with Gasteiger partial charge in [-0.2, -0.15) is 0 Å². The molecule has 1 aromatic carbocycles. The highest BCUT2D eigenvalue weighted by Crippen LogP contribution is 2.23. The maximum Gasteiger partial charge on any atom is 0.223 e. The Morgan fingerprint density at radius 1 is 1.47 bits per heavy atom. The van der Waals surface area contributed by atoms with Crippen LogP contribution in [0.1, 0.15) is 18.4 Å². The zero-order chi connectivity index (χ0) is 13.7. The van der Waals surface area contributed by atoms with Crippen molar-refractivity contribution < 1.29 is 14.3 Å². The number of carbonyl (C=O) groups is 1. The molecule has 1 saturated heterocycles. The maximum atomic E-state index is 12.0. The number of hydrogen-bond donors (Lipinski definition) is 1. The molecule has 0 bridgehead atoms. The molecule has 19 heavy (non-hydrogen) atoms. The molecule has 5 heteroatoms. The largest absolute Gasteiger partial charge is 0.496 e. The molecule has 1 N–H and O–H groups in total. The highest BCUT2D eigenvalue weighted by Gasteiger charge is 2.21.